The minimum Gasteiger partial charge on any atom is -0.379 e. The topological polar surface area (TPSA) is 109 Å². The van der Waals surface area contributed by atoms with Crippen molar-refractivity contribution in [2.24, 2.45) is 0 Å². The first-order chi connectivity index (χ1) is 13.9. The molecular formula is C16H20F3N9O. The Hall–Kier alpha value is -2.64. The van der Waals surface area contributed by atoms with E-state index in [4.69, 9.17) is 10.5 Å². The molecule has 0 aromatic carbocycles. The van der Waals surface area contributed by atoms with Crippen LogP contribution in [0.4, 0.5) is 25.1 Å². The van der Waals surface area contributed by atoms with Crippen molar-refractivity contribution < 1.29 is 17.9 Å². The molecule has 0 saturated carbocycles. The van der Waals surface area contributed by atoms with E-state index in [1.165, 1.54) is 6.33 Å². The standard InChI is InChI=1S/C16H20F3N9O/c17-16(18,19)12-11(9-21-14(20)24-12)13-22-10-23-15(25-13)26-1-3-27(4-2-26)28-5-7-29-8-6-28/h9-10H,1-8H2,(H2,20,21,24). The van der Waals surface area contributed by atoms with E-state index in [9.17, 15) is 13.2 Å². The fourth-order valence-electron chi connectivity index (χ4n) is 3.36. The SMILES string of the molecule is Nc1ncc(-c2ncnc(N3CCN(N4CCOCC4)CC3)n2)c(C(F)(F)F)n1. The minimum atomic E-state index is -4.71. The van der Waals surface area contributed by atoms with Crippen LogP contribution in [0.5, 0.6) is 0 Å². The van der Waals surface area contributed by atoms with Crippen molar-refractivity contribution in [1.82, 2.24) is 34.9 Å². The summed E-state index contributed by atoms with van der Waals surface area (Å²) in [6.45, 7) is 5.95. The third-order valence-corrected chi connectivity index (χ3v) is 4.80. The van der Waals surface area contributed by atoms with E-state index in [0.717, 1.165) is 32.4 Å². The second-order valence-electron chi connectivity index (χ2n) is 6.60. The molecular weight excluding hydrogens is 391 g/mol. The molecule has 0 atom stereocenters. The van der Waals surface area contributed by atoms with Gasteiger partial charge in [0.1, 0.15) is 6.33 Å². The molecule has 2 aliphatic rings. The van der Waals surface area contributed by atoms with Crippen molar-refractivity contribution in [1.29, 1.82) is 0 Å². The Bertz CT molecular complexity index is 852. The number of hydrogen-bond donors (Lipinski definition) is 1. The molecule has 2 fully saturated rings. The molecule has 2 aliphatic heterocycles. The number of piperazine rings is 1. The van der Waals surface area contributed by atoms with E-state index < -0.39 is 17.8 Å². The highest BCUT2D eigenvalue weighted by Crippen LogP contribution is 2.34. The Balaban J connectivity index is 1.52. The number of alkyl halides is 3. The van der Waals surface area contributed by atoms with Gasteiger partial charge in [0.15, 0.2) is 11.5 Å². The van der Waals surface area contributed by atoms with Gasteiger partial charge in [-0.1, -0.05) is 0 Å². The van der Waals surface area contributed by atoms with Crippen LogP contribution in [0.3, 0.4) is 0 Å². The van der Waals surface area contributed by atoms with Gasteiger partial charge in [-0.2, -0.15) is 18.2 Å². The second kappa shape index (κ2) is 8.00. The number of nitrogens with two attached hydrogens (primary N) is 1. The van der Waals surface area contributed by atoms with Crippen molar-refractivity contribution in [3.8, 4) is 11.4 Å². The molecule has 0 aliphatic carbocycles. The normalized spacial score (nSPS) is 19.5. The predicted octanol–water partition coefficient (Wildman–Crippen LogP) is 0.299. The second-order valence-corrected chi connectivity index (χ2v) is 6.60. The van der Waals surface area contributed by atoms with Crippen LogP contribution >= 0.6 is 0 Å². The third kappa shape index (κ3) is 4.36. The molecule has 156 valence electrons. The highest BCUT2D eigenvalue weighted by atomic mass is 19.4. The molecule has 0 radical (unpaired) electrons. The Kier molecular flexibility index (Phi) is 5.43. The number of rotatable bonds is 3. The van der Waals surface area contributed by atoms with Gasteiger partial charge in [-0.05, 0) is 0 Å². The molecule has 0 spiro atoms. The molecule has 0 unspecified atom stereocenters. The van der Waals surface area contributed by atoms with E-state index in [1.54, 1.807) is 0 Å². The quantitative estimate of drug-likeness (QED) is 0.757. The van der Waals surface area contributed by atoms with Gasteiger partial charge >= 0.3 is 6.18 Å². The van der Waals surface area contributed by atoms with Gasteiger partial charge in [0.25, 0.3) is 0 Å². The van der Waals surface area contributed by atoms with Crippen molar-refractivity contribution in [3.05, 3.63) is 18.2 Å². The Morgan fingerprint density at radius 3 is 2.28 bits per heavy atom. The van der Waals surface area contributed by atoms with E-state index in [1.807, 2.05) is 4.90 Å². The van der Waals surface area contributed by atoms with Crippen LogP contribution in [0.15, 0.2) is 12.5 Å². The zero-order valence-corrected chi connectivity index (χ0v) is 15.5. The van der Waals surface area contributed by atoms with Crippen LogP contribution in [0.1, 0.15) is 5.69 Å². The summed E-state index contributed by atoms with van der Waals surface area (Å²) in [4.78, 5) is 21.2. The number of halogens is 3. The molecule has 13 heteroatoms. The van der Waals surface area contributed by atoms with Crippen LogP contribution < -0.4 is 10.6 Å². The van der Waals surface area contributed by atoms with Gasteiger partial charge in [-0.3, -0.25) is 0 Å². The number of nitrogen functional groups attached to an aromatic ring is 1. The van der Waals surface area contributed by atoms with Crippen molar-refractivity contribution >= 4 is 11.9 Å². The highest BCUT2D eigenvalue weighted by molar-refractivity contribution is 5.59. The lowest BCUT2D eigenvalue weighted by Gasteiger charge is -2.42. The number of hydrogen-bond acceptors (Lipinski definition) is 10. The maximum absolute atomic E-state index is 13.3. The first-order valence-electron chi connectivity index (χ1n) is 9.13. The van der Waals surface area contributed by atoms with Crippen LogP contribution in [-0.2, 0) is 10.9 Å². The highest BCUT2D eigenvalue weighted by Gasteiger charge is 2.37. The zero-order chi connectivity index (χ0) is 20.4. The van der Waals surface area contributed by atoms with E-state index in [2.05, 4.69) is 34.9 Å². The molecule has 2 N–H and O–H groups in total. The summed E-state index contributed by atoms with van der Waals surface area (Å²) in [6.07, 6.45) is -2.52. The maximum Gasteiger partial charge on any atom is 0.434 e. The number of hydrazine groups is 1. The average Bonchev–Trinajstić information content (AvgIpc) is 2.74. The summed E-state index contributed by atoms with van der Waals surface area (Å²) in [5.74, 6) is -0.283. The predicted molar refractivity (Wildman–Crippen MR) is 96.4 cm³/mol. The molecule has 2 aromatic rings. The van der Waals surface area contributed by atoms with Gasteiger partial charge in [0.2, 0.25) is 11.9 Å². The zero-order valence-electron chi connectivity index (χ0n) is 15.5. The largest absolute Gasteiger partial charge is 0.434 e. The Morgan fingerprint density at radius 1 is 0.897 bits per heavy atom. The molecule has 2 aromatic heterocycles. The Labute approximate surface area is 164 Å². The van der Waals surface area contributed by atoms with Crippen LogP contribution in [0.2, 0.25) is 0 Å². The van der Waals surface area contributed by atoms with Gasteiger partial charge in [-0.25, -0.2) is 30.0 Å². The average molecular weight is 411 g/mol. The summed E-state index contributed by atoms with van der Waals surface area (Å²) in [7, 11) is 0. The van der Waals surface area contributed by atoms with Gasteiger partial charge in [0.05, 0.1) is 18.8 Å². The van der Waals surface area contributed by atoms with Crippen molar-refractivity contribution in [3.63, 3.8) is 0 Å². The lowest BCUT2D eigenvalue weighted by atomic mass is 10.2. The number of nitrogens with zero attached hydrogens (tertiary/aromatic N) is 8. The van der Waals surface area contributed by atoms with E-state index in [-0.39, 0.29) is 11.4 Å². The summed E-state index contributed by atoms with van der Waals surface area (Å²) in [6, 6.07) is 0. The Morgan fingerprint density at radius 2 is 1.59 bits per heavy atom. The third-order valence-electron chi connectivity index (χ3n) is 4.80. The van der Waals surface area contributed by atoms with Gasteiger partial charge in [-0.15, -0.1) is 0 Å². The number of aromatic nitrogens is 5. The van der Waals surface area contributed by atoms with E-state index in [0.29, 0.717) is 32.3 Å². The first kappa shape index (κ1) is 19.7. The van der Waals surface area contributed by atoms with Crippen molar-refractivity contribution in [2.45, 2.75) is 6.18 Å². The lowest BCUT2D eigenvalue weighted by molar-refractivity contribution is -0.140. The summed E-state index contributed by atoms with van der Waals surface area (Å²) < 4.78 is 45.4. The number of morpholine rings is 1. The fraction of sp³-hybridized carbons (Fsp3) is 0.562. The molecule has 0 bridgehead atoms. The van der Waals surface area contributed by atoms with Gasteiger partial charge < -0.3 is 15.4 Å². The van der Waals surface area contributed by atoms with Crippen LogP contribution in [0.25, 0.3) is 11.4 Å². The molecule has 4 rings (SSSR count). The van der Waals surface area contributed by atoms with Gasteiger partial charge in [0, 0.05) is 45.5 Å². The molecule has 2 saturated heterocycles. The van der Waals surface area contributed by atoms with Crippen molar-refractivity contribution in [2.75, 3.05) is 63.1 Å². The first-order valence-corrected chi connectivity index (χ1v) is 9.13. The minimum absolute atomic E-state index is 0.141. The summed E-state index contributed by atoms with van der Waals surface area (Å²) in [5.41, 5.74) is 3.82. The summed E-state index contributed by atoms with van der Waals surface area (Å²) >= 11 is 0. The van der Waals surface area contributed by atoms with E-state index >= 15 is 0 Å². The molecule has 29 heavy (non-hydrogen) atoms. The van der Waals surface area contributed by atoms with Crippen LogP contribution in [0, 0.1) is 0 Å². The monoisotopic (exact) mass is 411 g/mol. The van der Waals surface area contributed by atoms with Crippen LogP contribution in [-0.4, -0.2) is 87.4 Å². The smallest absolute Gasteiger partial charge is 0.379 e. The molecule has 10 nitrogen and oxygen atoms in total. The molecule has 4 heterocycles. The molecule has 0 amide bonds. The lowest BCUT2D eigenvalue weighted by Crippen LogP contribution is -2.56. The summed E-state index contributed by atoms with van der Waals surface area (Å²) in [5, 5.41) is 4.53. The number of anilines is 2. The fourth-order valence-corrected chi connectivity index (χ4v) is 3.36. The number of ether oxygens (including phenoxy) is 1. The maximum atomic E-state index is 13.3.